The highest BCUT2D eigenvalue weighted by molar-refractivity contribution is 5.94. The Morgan fingerprint density at radius 2 is 2.15 bits per heavy atom. The number of rotatable bonds is 8. The van der Waals surface area contributed by atoms with Gasteiger partial charge in [-0.3, -0.25) is 14.3 Å². The molecule has 0 bridgehead atoms. The Hall–Kier alpha value is -1.85. The summed E-state index contributed by atoms with van der Waals surface area (Å²) in [6.45, 7) is 4.45. The van der Waals surface area contributed by atoms with Crippen molar-refractivity contribution in [2.75, 3.05) is 6.54 Å². The van der Waals surface area contributed by atoms with Gasteiger partial charge in [0, 0.05) is 25.7 Å². The molecule has 1 aromatic rings. The van der Waals surface area contributed by atoms with E-state index in [0.29, 0.717) is 24.4 Å². The number of carboxylic acids is 1. The molecule has 1 atom stereocenters. The zero-order chi connectivity index (χ0) is 15.1. The molecule has 0 aliphatic heterocycles. The molecular formula is C14H23N3O3. The lowest BCUT2D eigenvalue weighted by molar-refractivity contribution is -0.137. The first-order chi connectivity index (χ1) is 9.45. The zero-order valence-electron chi connectivity index (χ0n) is 12.3. The summed E-state index contributed by atoms with van der Waals surface area (Å²) in [5.41, 5.74) is 1.42. The van der Waals surface area contributed by atoms with Gasteiger partial charge in [-0.2, -0.15) is 5.10 Å². The third-order valence-electron chi connectivity index (χ3n) is 3.66. The summed E-state index contributed by atoms with van der Waals surface area (Å²) in [7, 11) is 1.80. The second kappa shape index (κ2) is 7.67. The highest BCUT2D eigenvalue weighted by Crippen LogP contribution is 2.15. The minimum atomic E-state index is -0.765. The number of aromatic nitrogens is 2. The van der Waals surface area contributed by atoms with Gasteiger partial charge in [0.2, 0.25) is 0 Å². The van der Waals surface area contributed by atoms with Crippen LogP contribution in [0.1, 0.15) is 48.7 Å². The van der Waals surface area contributed by atoms with Crippen molar-refractivity contribution in [2.24, 2.45) is 13.0 Å². The van der Waals surface area contributed by atoms with Crippen LogP contribution < -0.4 is 5.32 Å². The van der Waals surface area contributed by atoms with Gasteiger partial charge in [-0.15, -0.1) is 0 Å². The first kappa shape index (κ1) is 16.2. The Bertz CT molecular complexity index is 468. The fourth-order valence-corrected chi connectivity index (χ4v) is 2.09. The van der Waals surface area contributed by atoms with Crippen LogP contribution in [0.25, 0.3) is 0 Å². The van der Waals surface area contributed by atoms with Gasteiger partial charge in [-0.05, 0) is 25.7 Å². The Morgan fingerprint density at radius 3 is 2.65 bits per heavy atom. The largest absolute Gasteiger partial charge is 0.481 e. The summed E-state index contributed by atoms with van der Waals surface area (Å²) in [6, 6.07) is 0. The number of hydrogen-bond acceptors (Lipinski definition) is 3. The molecule has 2 N–H and O–H groups in total. The third-order valence-corrected chi connectivity index (χ3v) is 3.66. The second-order valence-corrected chi connectivity index (χ2v) is 5.02. The number of nitrogens with one attached hydrogen (secondary N) is 1. The van der Waals surface area contributed by atoms with Crippen LogP contribution in [0, 0.1) is 12.8 Å². The van der Waals surface area contributed by atoms with E-state index in [-0.39, 0.29) is 12.3 Å². The maximum absolute atomic E-state index is 12.0. The van der Waals surface area contributed by atoms with Gasteiger partial charge in [0.15, 0.2) is 0 Å². The van der Waals surface area contributed by atoms with E-state index in [9.17, 15) is 9.59 Å². The van der Waals surface area contributed by atoms with Crippen LogP contribution in [0.15, 0.2) is 6.20 Å². The Morgan fingerprint density at radius 1 is 1.45 bits per heavy atom. The molecule has 20 heavy (non-hydrogen) atoms. The quantitative estimate of drug-likeness (QED) is 0.760. The van der Waals surface area contributed by atoms with Gasteiger partial charge in [0.1, 0.15) is 0 Å². The van der Waals surface area contributed by atoms with Gasteiger partial charge < -0.3 is 10.4 Å². The number of hydrogen-bond donors (Lipinski definition) is 2. The van der Waals surface area contributed by atoms with E-state index >= 15 is 0 Å². The number of amides is 1. The van der Waals surface area contributed by atoms with Gasteiger partial charge in [-0.1, -0.05) is 13.3 Å². The van der Waals surface area contributed by atoms with Crippen LogP contribution in [-0.2, 0) is 11.8 Å². The van der Waals surface area contributed by atoms with E-state index in [1.807, 2.05) is 13.8 Å². The first-order valence-electron chi connectivity index (χ1n) is 6.94. The number of carbonyl (C=O) groups excluding carboxylic acids is 1. The van der Waals surface area contributed by atoms with Gasteiger partial charge in [-0.25, -0.2) is 0 Å². The molecule has 1 aromatic heterocycles. The van der Waals surface area contributed by atoms with Crippen molar-refractivity contribution in [3.63, 3.8) is 0 Å². The first-order valence-corrected chi connectivity index (χ1v) is 6.94. The average Bonchev–Trinajstić information content (AvgIpc) is 2.73. The Balaban J connectivity index is 2.37. The fraction of sp³-hybridized carbons (Fsp3) is 0.643. The molecule has 0 saturated carbocycles. The average molecular weight is 281 g/mol. The standard InChI is InChI=1S/C14H23N3O3/c1-4-11(5-6-13(18)19)7-8-15-14(20)12-9-16-17(3)10(12)2/h9,11H,4-8H2,1-3H3,(H,15,20)(H,18,19). The normalized spacial score (nSPS) is 12.2. The van der Waals surface area contributed by atoms with Crippen molar-refractivity contribution in [2.45, 2.75) is 39.5 Å². The van der Waals surface area contributed by atoms with Crippen LogP contribution in [0.2, 0.25) is 0 Å². The molecule has 112 valence electrons. The summed E-state index contributed by atoms with van der Waals surface area (Å²) in [5, 5.41) is 15.6. The Labute approximate surface area is 119 Å². The topological polar surface area (TPSA) is 84.2 Å². The number of carboxylic acid groups (broad SMARTS) is 1. The summed E-state index contributed by atoms with van der Waals surface area (Å²) in [4.78, 5) is 22.5. The molecule has 1 unspecified atom stereocenters. The Kier molecular flexibility index (Phi) is 6.21. The molecule has 6 nitrogen and oxygen atoms in total. The van der Waals surface area contributed by atoms with Gasteiger partial charge >= 0.3 is 5.97 Å². The van der Waals surface area contributed by atoms with Crippen LogP contribution in [0.5, 0.6) is 0 Å². The molecule has 1 rings (SSSR count). The lowest BCUT2D eigenvalue weighted by atomic mass is 9.96. The van der Waals surface area contributed by atoms with Crippen molar-refractivity contribution in [3.05, 3.63) is 17.5 Å². The van der Waals surface area contributed by atoms with Crippen molar-refractivity contribution in [1.82, 2.24) is 15.1 Å². The maximum atomic E-state index is 12.0. The maximum Gasteiger partial charge on any atom is 0.303 e. The molecule has 0 radical (unpaired) electrons. The number of aliphatic carboxylic acids is 1. The van der Waals surface area contributed by atoms with Crippen molar-refractivity contribution >= 4 is 11.9 Å². The number of aryl methyl sites for hydroxylation is 1. The summed E-state index contributed by atoms with van der Waals surface area (Å²) in [5.74, 6) is -0.552. The molecule has 0 fully saturated rings. The summed E-state index contributed by atoms with van der Waals surface area (Å²) >= 11 is 0. The third kappa shape index (κ3) is 4.68. The SMILES string of the molecule is CCC(CCNC(=O)c1cnn(C)c1C)CCC(=O)O. The van der Waals surface area contributed by atoms with E-state index in [4.69, 9.17) is 5.11 Å². The van der Waals surface area contributed by atoms with E-state index < -0.39 is 5.97 Å². The lowest BCUT2D eigenvalue weighted by Crippen LogP contribution is -2.26. The summed E-state index contributed by atoms with van der Waals surface area (Å²) < 4.78 is 1.66. The highest BCUT2D eigenvalue weighted by Gasteiger charge is 2.13. The molecule has 6 heteroatoms. The van der Waals surface area contributed by atoms with Crippen LogP contribution in [0.3, 0.4) is 0 Å². The minimum Gasteiger partial charge on any atom is -0.481 e. The molecular weight excluding hydrogens is 258 g/mol. The highest BCUT2D eigenvalue weighted by atomic mass is 16.4. The van der Waals surface area contributed by atoms with Crippen LogP contribution >= 0.6 is 0 Å². The molecule has 0 spiro atoms. The lowest BCUT2D eigenvalue weighted by Gasteiger charge is -2.13. The molecule has 1 amide bonds. The van der Waals surface area contributed by atoms with Gasteiger partial charge in [0.25, 0.3) is 5.91 Å². The minimum absolute atomic E-state index is 0.122. The van der Waals surface area contributed by atoms with E-state index in [0.717, 1.165) is 18.5 Å². The van der Waals surface area contributed by atoms with Crippen molar-refractivity contribution in [1.29, 1.82) is 0 Å². The van der Waals surface area contributed by atoms with E-state index in [2.05, 4.69) is 10.4 Å². The zero-order valence-corrected chi connectivity index (χ0v) is 12.3. The number of carbonyl (C=O) groups is 2. The second-order valence-electron chi connectivity index (χ2n) is 5.02. The monoisotopic (exact) mass is 281 g/mol. The molecule has 0 aliphatic carbocycles. The molecule has 0 aromatic carbocycles. The van der Waals surface area contributed by atoms with Crippen molar-refractivity contribution < 1.29 is 14.7 Å². The van der Waals surface area contributed by atoms with E-state index in [1.165, 1.54) is 0 Å². The summed E-state index contributed by atoms with van der Waals surface area (Å²) in [6.07, 6.45) is 4.14. The van der Waals surface area contributed by atoms with Crippen molar-refractivity contribution in [3.8, 4) is 0 Å². The van der Waals surface area contributed by atoms with Crippen LogP contribution in [0.4, 0.5) is 0 Å². The van der Waals surface area contributed by atoms with Crippen LogP contribution in [-0.4, -0.2) is 33.3 Å². The predicted octanol–water partition coefficient (Wildman–Crippen LogP) is 1.74. The number of nitrogens with zero attached hydrogens (tertiary/aromatic N) is 2. The van der Waals surface area contributed by atoms with E-state index in [1.54, 1.807) is 17.9 Å². The fourth-order valence-electron chi connectivity index (χ4n) is 2.09. The smallest absolute Gasteiger partial charge is 0.303 e. The molecule has 1 heterocycles. The molecule has 0 saturated heterocycles. The predicted molar refractivity (Wildman–Crippen MR) is 75.5 cm³/mol. The van der Waals surface area contributed by atoms with Gasteiger partial charge in [0.05, 0.1) is 11.8 Å². The molecule has 0 aliphatic rings.